The second-order valence-electron chi connectivity index (χ2n) is 6.60. The topological polar surface area (TPSA) is 18.5 Å². The van der Waals surface area contributed by atoms with Gasteiger partial charge in [-0.3, -0.25) is 0 Å². The molecule has 27 heavy (non-hydrogen) atoms. The second kappa shape index (κ2) is 12.2. The second-order valence-corrected chi connectivity index (χ2v) is 8.88. The van der Waals surface area contributed by atoms with Crippen LogP contribution in [-0.2, 0) is 0 Å². The lowest BCUT2D eigenvalue weighted by Gasteiger charge is -2.12. The lowest BCUT2D eigenvalue weighted by molar-refractivity contribution is 0.247. The quantitative estimate of drug-likeness (QED) is 0.276. The predicted molar refractivity (Wildman–Crippen MR) is 120 cm³/mol. The Bertz CT molecular complexity index is 641. The van der Waals surface area contributed by atoms with Gasteiger partial charge in [0.05, 0.1) is 13.2 Å². The predicted octanol–water partition coefficient (Wildman–Crippen LogP) is 7.16. The van der Waals surface area contributed by atoms with Gasteiger partial charge < -0.3 is 9.47 Å². The molecule has 2 aromatic rings. The molecule has 0 aliphatic rings. The Kier molecular flexibility index (Phi) is 10.00. The van der Waals surface area contributed by atoms with Gasteiger partial charge in [-0.2, -0.15) is 0 Å². The molecule has 0 aliphatic heterocycles. The maximum Gasteiger partial charge on any atom is 0.120 e. The number of hydrogen-bond donors (Lipinski definition) is 0. The zero-order valence-electron chi connectivity index (χ0n) is 17.0. The van der Waals surface area contributed by atoms with Crippen LogP contribution in [0.1, 0.15) is 44.2 Å². The Labute approximate surface area is 173 Å². The minimum atomic E-state index is 0.671. The molecular formula is C23H32O2S2. The van der Waals surface area contributed by atoms with E-state index in [1.54, 1.807) is 0 Å². The molecule has 148 valence electrons. The minimum absolute atomic E-state index is 0.671. The fourth-order valence-corrected chi connectivity index (χ4v) is 4.35. The van der Waals surface area contributed by atoms with Crippen molar-refractivity contribution in [2.24, 2.45) is 0 Å². The van der Waals surface area contributed by atoms with Crippen LogP contribution in [0.5, 0.6) is 11.5 Å². The molecular weight excluding hydrogens is 372 g/mol. The van der Waals surface area contributed by atoms with Crippen LogP contribution >= 0.6 is 23.5 Å². The van der Waals surface area contributed by atoms with Crippen molar-refractivity contribution in [2.75, 3.05) is 24.7 Å². The Morgan fingerprint density at radius 1 is 0.704 bits per heavy atom. The van der Waals surface area contributed by atoms with Crippen molar-refractivity contribution in [3.63, 3.8) is 0 Å². The maximum absolute atomic E-state index is 5.92. The van der Waals surface area contributed by atoms with E-state index in [9.17, 15) is 0 Å². The summed E-state index contributed by atoms with van der Waals surface area (Å²) < 4.78 is 11.8. The van der Waals surface area contributed by atoms with E-state index in [-0.39, 0.29) is 0 Å². The van der Waals surface area contributed by atoms with E-state index in [2.05, 4.69) is 64.1 Å². The van der Waals surface area contributed by atoms with Crippen molar-refractivity contribution in [1.82, 2.24) is 0 Å². The van der Waals surface area contributed by atoms with Crippen LogP contribution < -0.4 is 9.47 Å². The molecule has 0 fully saturated rings. The first kappa shape index (κ1) is 22.0. The Morgan fingerprint density at radius 3 is 1.56 bits per heavy atom. The summed E-state index contributed by atoms with van der Waals surface area (Å²) >= 11 is 3.81. The zero-order valence-corrected chi connectivity index (χ0v) is 18.7. The molecule has 0 saturated carbocycles. The van der Waals surface area contributed by atoms with E-state index < -0.39 is 0 Å². The van der Waals surface area contributed by atoms with Gasteiger partial charge in [-0.15, -0.1) is 23.5 Å². The van der Waals surface area contributed by atoms with E-state index >= 15 is 0 Å². The number of aryl methyl sites for hydroxylation is 2. The molecule has 0 aliphatic carbocycles. The molecule has 0 bridgehead atoms. The summed E-state index contributed by atoms with van der Waals surface area (Å²) in [5, 5.41) is 0. The largest absolute Gasteiger partial charge is 0.493 e. The number of hydrogen-bond acceptors (Lipinski definition) is 4. The molecule has 2 nitrogen and oxygen atoms in total. The first-order chi connectivity index (χ1) is 13.1. The molecule has 2 rings (SSSR count). The molecule has 0 saturated heterocycles. The van der Waals surface area contributed by atoms with Crippen molar-refractivity contribution >= 4 is 23.5 Å². The molecule has 0 radical (unpaired) electrons. The number of rotatable bonds is 12. The first-order valence-corrected chi connectivity index (χ1v) is 11.8. The molecule has 0 N–H and O–H groups in total. The van der Waals surface area contributed by atoms with Crippen molar-refractivity contribution in [2.45, 2.75) is 56.7 Å². The van der Waals surface area contributed by atoms with Crippen molar-refractivity contribution in [1.29, 1.82) is 0 Å². The smallest absolute Gasteiger partial charge is 0.120 e. The molecule has 0 unspecified atom stereocenters. The van der Waals surface area contributed by atoms with Gasteiger partial charge in [0.15, 0.2) is 0 Å². The molecule has 0 atom stereocenters. The number of ether oxygens (including phenoxy) is 2. The zero-order chi connectivity index (χ0) is 19.5. The third-order valence-corrected chi connectivity index (χ3v) is 6.80. The highest BCUT2D eigenvalue weighted by Gasteiger charge is 2.04. The normalized spacial score (nSPS) is 10.8. The van der Waals surface area contributed by atoms with Gasteiger partial charge in [0.2, 0.25) is 0 Å². The van der Waals surface area contributed by atoms with Gasteiger partial charge in [-0.25, -0.2) is 0 Å². The highest BCUT2D eigenvalue weighted by molar-refractivity contribution is 7.99. The van der Waals surface area contributed by atoms with Gasteiger partial charge in [-0.05, 0) is 73.6 Å². The van der Waals surface area contributed by atoms with E-state index in [1.165, 1.54) is 33.8 Å². The Morgan fingerprint density at radius 2 is 1.15 bits per heavy atom. The standard InChI is InChI=1S/C23H32O2S2/c1-5-14-26-22-16-20(10-8-18(22)3)24-12-7-13-25-21-11-9-19(4)23(17-21)27-15-6-2/h8-11,16-17H,5-7,12-15H2,1-4H3. The van der Waals surface area contributed by atoms with Gasteiger partial charge in [0.1, 0.15) is 11.5 Å². The van der Waals surface area contributed by atoms with Crippen LogP contribution in [0, 0.1) is 13.8 Å². The first-order valence-electron chi connectivity index (χ1n) is 9.86. The van der Waals surface area contributed by atoms with Crippen molar-refractivity contribution in [3.05, 3.63) is 47.5 Å². The van der Waals surface area contributed by atoms with E-state index in [0.717, 1.165) is 29.4 Å². The van der Waals surface area contributed by atoms with Crippen LogP contribution in [0.2, 0.25) is 0 Å². The summed E-state index contributed by atoms with van der Waals surface area (Å²) in [6.45, 7) is 10.1. The Balaban J connectivity index is 1.76. The number of thioether (sulfide) groups is 2. The van der Waals surface area contributed by atoms with Crippen LogP contribution in [0.15, 0.2) is 46.2 Å². The highest BCUT2D eigenvalue weighted by atomic mass is 32.2. The van der Waals surface area contributed by atoms with Gasteiger partial charge >= 0.3 is 0 Å². The fourth-order valence-electron chi connectivity index (χ4n) is 2.51. The maximum atomic E-state index is 5.92. The number of benzene rings is 2. The molecule has 0 spiro atoms. The fraction of sp³-hybridized carbons (Fsp3) is 0.478. The third kappa shape index (κ3) is 7.71. The van der Waals surface area contributed by atoms with E-state index in [1.807, 2.05) is 23.5 Å². The SMILES string of the molecule is CCCSc1cc(OCCCOc2ccc(C)c(SCCC)c2)ccc1C. The summed E-state index contributed by atoms with van der Waals surface area (Å²) in [5.41, 5.74) is 2.64. The summed E-state index contributed by atoms with van der Waals surface area (Å²) in [6, 6.07) is 12.7. The lowest BCUT2D eigenvalue weighted by atomic mass is 10.2. The summed E-state index contributed by atoms with van der Waals surface area (Å²) in [4.78, 5) is 2.64. The average molecular weight is 405 g/mol. The molecule has 4 heteroatoms. The van der Waals surface area contributed by atoms with Crippen molar-refractivity contribution < 1.29 is 9.47 Å². The summed E-state index contributed by atoms with van der Waals surface area (Å²) in [6.07, 6.45) is 3.24. The molecule has 0 amide bonds. The monoisotopic (exact) mass is 404 g/mol. The van der Waals surface area contributed by atoms with Crippen LogP contribution in [0.25, 0.3) is 0 Å². The van der Waals surface area contributed by atoms with E-state index in [4.69, 9.17) is 9.47 Å². The third-order valence-electron chi connectivity index (χ3n) is 4.07. The lowest BCUT2D eigenvalue weighted by Crippen LogP contribution is -2.05. The van der Waals surface area contributed by atoms with Gasteiger partial charge in [0, 0.05) is 16.2 Å². The molecule has 2 aromatic carbocycles. The summed E-state index contributed by atoms with van der Waals surface area (Å²) in [5.74, 6) is 4.20. The minimum Gasteiger partial charge on any atom is -0.493 e. The molecule has 0 aromatic heterocycles. The molecule has 0 heterocycles. The van der Waals surface area contributed by atoms with Crippen LogP contribution in [-0.4, -0.2) is 24.7 Å². The van der Waals surface area contributed by atoms with Crippen LogP contribution in [0.3, 0.4) is 0 Å². The highest BCUT2D eigenvalue weighted by Crippen LogP contribution is 2.28. The van der Waals surface area contributed by atoms with E-state index in [0.29, 0.717) is 13.2 Å². The summed E-state index contributed by atoms with van der Waals surface area (Å²) in [7, 11) is 0. The average Bonchev–Trinajstić information content (AvgIpc) is 2.68. The van der Waals surface area contributed by atoms with Gasteiger partial charge in [0.25, 0.3) is 0 Å². The Hall–Kier alpha value is -1.26. The van der Waals surface area contributed by atoms with Gasteiger partial charge in [-0.1, -0.05) is 26.0 Å². The van der Waals surface area contributed by atoms with Crippen molar-refractivity contribution in [3.8, 4) is 11.5 Å². The van der Waals surface area contributed by atoms with Crippen LogP contribution in [0.4, 0.5) is 0 Å².